The summed E-state index contributed by atoms with van der Waals surface area (Å²) in [7, 11) is 0. The predicted molar refractivity (Wildman–Crippen MR) is 149 cm³/mol. The van der Waals surface area contributed by atoms with E-state index in [0.29, 0.717) is 12.8 Å². The van der Waals surface area contributed by atoms with Crippen molar-refractivity contribution in [3.63, 3.8) is 0 Å². The highest BCUT2D eigenvalue weighted by Crippen LogP contribution is 2.16. The molecule has 0 rings (SSSR count). The Bertz CT molecular complexity index is 463. The van der Waals surface area contributed by atoms with Crippen LogP contribution >= 0.6 is 0 Å². The van der Waals surface area contributed by atoms with Crippen LogP contribution in [-0.4, -0.2) is 23.1 Å². The first-order valence-electron chi connectivity index (χ1n) is 15.5. The molecule has 0 spiro atoms. The molecule has 4 heteroatoms. The number of esters is 1. The first kappa shape index (κ1) is 33.9. The van der Waals surface area contributed by atoms with E-state index < -0.39 is 12.1 Å². The average molecular weight is 497 g/mol. The number of carbonyl (C=O) groups excluding carboxylic acids is 1. The number of hydrogen-bond acceptors (Lipinski definition) is 3. The fraction of sp³-hybridized carbons (Fsp3) is 0.935. The minimum Gasteiger partial charge on any atom is -0.481 e. The molecule has 0 aliphatic heterocycles. The Hall–Kier alpha value is -1.06. The highest BCUT2D eigenvalue weighted by Gasteiger charge is 2.15. The van der Waals surface area contributed by atoms with E-state index in [1.165, 1.54) is 135 Å². The Morgan fingerprint density at radius 1 is 0.543 bits per heavy atom. The minimum atomic E-state index is -0.913. The van der Waals surface area contributed by atoms with Gasteiger partial charge >= 0.3 is 11.9 Å². The quantitative estimate of drug-likeness (QED) is 0.0864. The molecule has 1 unspecified atom stereocenters. The SMILES string of the molecule is CCCCCCCCCCCCCCCCCCCCCCCCCC(=O)OC(CC)CC(=O)O. The van der Waals surface area contributed by atoms with Crippen LogP contribution in [0.4, 0.5) is 0 Å². The predicted octanol–water partition coefficient (Wildman–Crippen LogP) is 10.2. The summed E-state index contributed by atoms with van der Waals surface area (Å²) in [6.07, 6.45) is 31.6. The number of carbonyl (C=O) groups is 2. The number of aliphatic carboxylic acids is 1. The van der Waals surface area contributed by atoms with Crippen LogP contribution in [0.3, 0.4) is 0 Å². The molecule has 0 amide bonds. The Kier molecular flexibility index (Phi) is 26.7. The number of carboxylic acid groups (broad SMARTS) is 1. The van der Waals surface area contributed by atoms with Crippen molar-refractivity contribution < 1.29 is 19.4 Å². The van der Waals surface area contributed by atoms with Gasteiger partial charge in [-0.3, -0.25) is 9.59 Å². The van der Waals surface area contributed by atoms with Crippen molar-refractivity contribution in [1.29, 1.82) is 0 Å². The molecule has 0 aromatic heterocycles. The maximum absolute atomic E-state index is 11.8. The molecule has 208 valence electrons. The normalized spacial score (nSPS) is 12.1. The molecule has 1 atom stereocenters. The maximum Gasteiger partial charge on any atom is 0.307 e. The maximum atomic E-state index is 11.8. The van der Waals surface area contributed by atoms with Gasteiger partial charge in [0.1, 0.15) is 6.10 Å². The highest BCUT2D eigenvalue weighted by molar-refractivity contribution is 5.71. The largest absolute Gasteiger partial charge is 0.481 e. The Morgan fingerprint density at radius 3 is 1.14 bits per heavy atom. The van der Waals surface area contributed by atoms with Crippen LogP contribution in [0.25, 0.3) is 0 Å². The molecule has 0 aliphatic carbocycles. The van der Waals surface area contributed by atoms with Gasteiger partial charge in [0.05, 0.1) is 6.42 Å². The van der Waals surface area contributed by atoms with Crippen molar-refractivity contribution in [3.8, 4) is 0 Å². The van der Waals surface area contributed by atoms with Crippen molar-refractivity contribution in [2.75, 3.05) is 0 Å². The summed E-state index contributed by atoms with van der Waals surface area (Å²) in [5.74, 6) is -1.16. The second-order valence-corrected chi connectivity index (χ2v) is 10.6. The van der Waals surface area contributed by atoms with Gasteiger partial charge in [-0.2, -0.15) is 0 Å². The van der Waals surface area contributed by atoms with E-state index in [0.717, 1.165) is 12.8 Å². The van der Waals surface area contributed by atoms with E-state index in [4.69, 9.17) is 9.84 Å². The fourth-order valence-electron chi connectivity index (χ4n) is 4.76. The van der Waals surface area contributed by atoms with Gasteiger partial charge in [0, 0.05) is 6.42 Å². The van der Waals surface area contributed by atoms with Crippen molar-refractivity contribution in [2.24, 2.45) is 0 Å². The van der Waals surface area contributed by atoms with Crippen LogP contribution in [0.1, 0.15) is 181 Å². The monoisotopic (exact) mass is 496 g/mol. The highest BCUT2D eigenvalue weighted by atomic mass is 16.5. The number of rotatable bonds is 28. The third-order valence-corrected chi connectivity index (χ3v) is 7.14. The standard InChI is InChI=1S/C31H60O4/c1-3-5-6-7-8-9-10-11-12-13-14-15-16-17-18-19-20-21-22-23-24-25-26-27-31(34)35-29(4-2)28-30(32)33/h29H,3-28H2,1-2H3,(H,32,33). The first-order chi connectivity index (χ1) is 17.1. The summed E-state index contributed by atoms with van der Waals surface area (Å²) in [4.78, 5) is 22.5. The fourth-order valence-corrected chi connectivity index (χ4v) is 4.76. The van der Waals surface area contributed by atoms with Crippen LogP contribution < -0.4 is 0 Å². The van der Waals surface area contributed by atoms with Crippen LogP contribution in [-0.2, 0) is 14.3 Å². The van der Waals surface area contributed by atoms with Crippen LogP contribution in [0.15, 0.2) is 0 Å². The molecule has 0 aliphatic rings. The lowest BCUT2D eigenvalue weighted by atomic mass is 10.0. The third-order valence-electron chi connectivity index (χ3n) is 7.14. The molecule has 4 nitrogen and oxygen atoms in total. The van der Waals surface area contributed by atoms with Crippen molar-refractivity contribution in [2.45, 2.75) is 187 Å². The van der Waals surface area contributed by atoms with Gasteiger partial charge in [0.15, 0.2) is 0 Å². The smallest absolute Gasteiger partial charge is 0.307 e. The van der Waals surface area contributed by atoms with Crippen molar-refractivity contribution in [1.82, 2.24) is 0 Å². The number of carboxylic acids is 1. The van der Waals surface area contributed by atoms with E-state index >= 15 is 0 Å². The Labute approximate surface area is 218 Å². The summed E-state index contributed by atoms with van der Waals surface area (Å²) in [5.41, 5.74) is 0. The Morgan fingerprint density at radius 2 is 0.857 bits per heavy atom. The van der Waals surface area contributed by atoms with Crippen molar-refractivity contribution in [3.05, 3.63) is 0 Å². The third kappa shape index (κ3) is 27.4. The molecule has 0 radical (unpaired) electrons. The van der Waals surface area contributed by atoms with Gasteiger partial charge in [-0.15, -0.1) is 0 Å². The zero-order chi connectivity index (χ0) is 25.8. The first-order valence-corrected chi connectivity index (χ1v) is 15.5. The molecule has 0 heterocycles. The van der Waals surface area contributed by atoms with Gasteiger partial charge in [-0.05, 0) is 12.8 Å². The zero-order valence-electron chi connectivity index (χ0n) is 23.6. The Balaban J connectivity index is 3.21. The van der Waals surface area contributed by atoms with Gasteiger partial charge in [-0.1, -0.05) is 155 Å². The molecule has 35 heavy (non-hydrogen) atoms. The summed E-state index contributed by atoms with van der Waals surface area (Å²) in [5, 5.41) is 8.80. The summed E-state index contributed by atoms with van der Waals surface area (Å²) < 4.78 is 5.24. The van der Waals surface area contributed by atoms with Gasteiger partial charge < -0.3 is 9.84 Å². The second-order valence-electron chi connectivity index (χ2n) is 10.6. The van der Waals surface area contributed by atoms with Gasteiger partial charge in [0.2, 0.25) is 0 Å². The molecule has 1 N–H and O–H groups in total. The second kappa shape index (κ2) is 27.5. The minimum absolute atomic E-state index is 0.0956. The molecule has 0 saturated heterocycles. The van der Waals surface area contributed by atoms with E-state index in [-0.39, 0.29) is 12.4 Å². The molecule has 0 aromatic carbocycles. The molecule has 0 aromatic rings. The zero-order valence-corrected chi connectivity index (χ0v) is 23.6. The molecule has 0 saturated carbocycles. The average Bonchev–Trinajstić information content (AvgIpc) is 2.83. The summed E-state index contributed by atoms with van der Waals surface area (Å²) in [6, 6.07) is 0. The molecule has 0 bridgehead atoms. The molecular formula is C31H60O4. The topological polar surface area (TPSA) is 63.6 Å². The van der Waals surface area contributed by atoms with Crippen LogP contribution in [0.2, 0.25) is 0 Å². The summed E-state index contributed by atoms with van der Waals surface area (Å²) >= 11 is 0. The number of ether oxygens (including phenoxy) is 1. The van der Waals surface area contributed by atoms with Crippen LogP contribution in [0.5, 0.6) is 0 Å². The van der Waals surface area contributed by atoms with Gasteiger partial charge in [-0.25, -0.2) is 0 Å². The van der Waals surface area contributed by atoms with Crippen molar-refractivity contribution >= 4 is 11.9 Å². The summed E-state index contributed by atoms with van der Waals surface area (Å²) in [6.45, 7) is 4.14. The lowest BCUT2D eigenvalue weighted by Crippen LogP contribution is -2.20. The number of unbranched alkanes of at least 4 members (excludes halogenated alkanes) is 22. The van der Waals surface area contributed by atoms with E-state index in [1.54, 1.807) is 0 Å². The molecular weight excluding hydrogens is 436 g/mol. The van der Waals surface area contributed by atoms with E-state index in [9.17, 15) is 9.59 Å². The van der Waals surface area contributed by atoms with E-state index in [1.807, 2.05) is 6.92 Å². The van der Waals surface area contributed by atoms with E-state index in [2.05, 4.69) is 6.92 Å². The molecule has 0 fully saturated rings. The number of hydrogen-bond donors (Lipinski definition) is 1. The van der Waals surface area contributed by atoms with Gasteiger partial charge in [0.25, 0.3) is 0 Å². The lowest BCUT2D eigenvalue weighted by molar-refractivity contribution is -0.153. The van der Waals surface area contributed by atoms with Crippen LogP contribution in [0, 0.1) is 0 Å². The lowest BCUT2D eigenvalue weighted by Gasteiger charge is -2.13.